The van der Waals surface area contributed by atoms with Gasteiger partial charge in [-0.25, -0.2) is 0 Å². The smallest absolute Gasteiger partial charge is 0.267 e. The molecule has 2 atom stereocenters. The topological polar surface area (TPSA) is 85.2 Å². The van der Waals surface area contributed by atoms with Crippen molar-refractivity contribution in [3.63, 3.8) is 0 Å². The molecular weight excluding hydrogens is 228 g/mol. The summed E-state index contributed by atoms with van der Waals surface area (Å²) in [6.45, 7) is 4.86. The number of amides is 1. The Morgan fingerprint density at radius 1 is 1.61 bits per heavy atom. The third-order valence-corrected chi connectivity index (χ3v) is 3.78. The van der Waals surface area contributed by atoms with Crippen molar-refractivity contribution in [3.8, 4) is 0 Å². The summed E-state index contributed by atoms with van der Waals surface area (Å²) in [6.07, 6.45) is 2.75. The Kier molecular flexibility index (Phi) is 3.81. The Hall–Kier alpha value is -1.62. The van der Waals surface area contributed by atoms with Crippen molar-refractivity contribution in [3.05, 3.63) is 24.0 Å². The van der Waals surface area contributed by atoms with Crippen molar-refractivity contribution in [2.75, 3.05) is 24.5 Å². The number of aromatic nitrogens is 1. The molecular formula is C13H20N4O. The van der Waals surface area contributed by atoms with Crippen molar-refractivity contribution in [2.45, 2.75) is 13.3 Å². The first-order valence-electron chi connectivity index (χ1n) is 6.32. The Labute approximate surface area is 107 Å². The van der Waals surface area contributed by atoms with Gasteiger partial charge in [0.1, 0.15) is 5.69 Å². The Morgan fingerprint density at radius 2 is 2.39 bits per heavy atom. The summed E-state index contributed by atoms with van der Waals surface area (Å²) < 4.78 is 0. The lowest BCUT2D eigenvalue weighted by Gasteiger charge is -2.38. The molecule has 1 aromatic heterocycles. The number of nitrogens with zero attached hydrogens (tertiary/aromatic N) is 2. The molecule has 0 bridgehead atoms. The number of rotatable bonds is 3. The van der Waals surface area contributed by atoms with Crippen LogP contribution < -0.4 is 16.4 Å². The average Bonchev–Trinajstić information content (AvgIpc) is 2.39. The number of piperidine rings is 1. The van der Waals surface area contributed by atoms with Gasteiger partial charge in [0.05, 0.1) is 0 Å². The predicted molar refractivity (Wildman–Crippen MR) is 71.3 cm³/mol. The average molecular weight is 248 g/mol. The number of hydrogen-bond acceptors (Lipinski definition) is 4. The first-order valence-corrected chi connectivity index (χ1v) is 6.32. The number of primary amides is 1. The third-order valence-electron chi connectivity index (χ3n) is 3.78. The lowest BCUT2D eigenvalue weighted by molar-refractivity contribution is 0.0995. The second-order valence-corrected chi connectivity index (χ2v) is 4.97. The molecule has 1 fully saturated rings. The quantitative estimate of drug-likeness (QED) is 0.820. The minimum Gasteiger partial charge on any atom is -0.371 e. The molecule has 0 saturated carbocycles. The van der Waals surface area contributed by atoms with Crippen molar-refractivity contribution in [2.24, 2.45) is 23.3 Å². The van der Waals surface area contributed by atoms with E-state index in [9.17, 15) is 4.79 Å². The summed E-state index contributed by atoms with van der Waals surface area (Å²) in [6, 6.07) is 3.67. The van der Waals surface area contributed by atoms with Crippen molar-refractivity contribution >= 4 is 11.6 Å². The van der Waals surface area contributed by atoms with E-state index in [1.165, 1.54) is 0 Å². The number of carbonyl (C=O) groups is 1. The standard InChI is InChI=1S/C13H20N4O/c1-9-3-5-17(8-10(9)7-14)11-2-4-16-12(6-11)13(15)18/h2,4,6,9-10H,3,5,7-8,14H2,1H3,(H2,15,18). The van der Waals surface area contributed by atoms with E-state index in [2.05, 4.69) is 16.8 Å². The van der Waals surface area contributed by atoms with Crippen LogP contribution >= 0.6 is 0 Å². The van der Waals surface area contributed by atoms with E-state index in [1.54, 1.807) is 12.3 Å². The SMILES string of the molecule is CC1CCN(c2ccnc(C(N)=O)c2)CC1CN. The van der Waals surface area contributed by atoms with Crippen LogP contribution in [0.2, 0.25) is 0 Å². The molecule has 98 valence electrons. The minimum atomic E-state index is -0.488. The monoisotopic (exact) mass is 248 g/mol. The molecule has 0 spiro atoms. The largest absolute Gasteiger partial charge is 0.371 e. The van der Waals surface area contributed by atoms with E-state index in [4.69, 9.17) is 11.5 Å². The van der Waals surface area contributed by atoms with E-state index in [1.807, 2.05) is 6.07 Å². The van der Waals surface area contributed by atoms with Crippen molar-refractivity contribution in [1.82, 2.24) is 4.98 Å². The highest BCUT2D eigenvalue weighted by molar-refractivity contribution is 5.91. The highest BCUT2D eigenvalue weighted by Crippen LogP contribution is 2.26. The summed E-state index contributed by atoms with van der Waals surface area (Å²) in [5.41, 5.74) is 12.4. The number of anilines is 1. The molecule has 4 N–H and O–H groups in total. The summed E-state index contributed by atoms with van der Waals surface area (Å²) >= 11 is 0. The van der Waals surface area contributed by atoms with Gasteiger partial charge in [-0.3, -0.25) is 9.78 Å². The fraction of sp³-hybridized carbons (Fsp3) is 0.538. The van der Waals surface area contributed by atoms with E-state index < -0.39 is 5.91 Å². The minimum absolute atomic E-state index is 0.315. The van der Waals surface area contributed by atoms with Gasteiger partial charge in [-0.2, -0.15) is 0 Å². The maximum Gasteiger partial charge on any atom is 0.267 e. The molecule has 0 radical (unpaired) electrons. The fourth-order valence-corrected chi connectivity index (χ4v) is 2.44. The molecule has 1 saturated heterocycles. The van der Waals surface area contributed by atoms with Gasteiger partial charge in [-0.1, -0.05) is 6.92 Å². The number of carbonyl (C=O) groups excluding carboxylic acids is 1. The second-order valence-electron chi connectivity index (χ2n) is 4.97. The molecule has 2 heterocycles. The van der Waals surface area contributed by atoms with Gasteiger partial charge in [0.2, 0.25) is 0 Å². The van der Waals surface area contributed by atoms with Gasteiger partial charge in [-0.05, 0) is 36.9 Å². The summed E-state index contributed by atoms with van der Waals surface area (Å²) in [7, 11) is 0. The Balaban J connectivity index is 2.16. The molecule has 1 aliphatic heterocycles. The maximum absolute atomic E-state index is 11.1. The lowest BCUT2D eigenvalue weighted by atomic mass is 9.87. The van der Waals surface area contributed by atoms with Crippen LogP contribution in [0.5, 0.6) is 0 Å². The van der Waals surface area contributed by atoms with Gasteiger partial charge in [0.25, 0.3) is 5.91 Å². The molecule has 1 aromatic rings. The first-order chi connectivity index (χ1) is 8.61. The normalized spacial score (nSPS) is 24.0. The van der Waals surface area contributed by atoms with Crippen LogP contribution in [0.15, 0.2) is 18.3 Å². The van der Waals surface area contributed by atoms with E-state index in [-0.39, 0.29) is 0 Å². The van der Waals surface area contributed by atoms with E-state index in [0.717, 1.165) is 25.2 Å². The molecule has 0 aliphatic carbocycles. The highest BCUT2D eigenvalue weighted by Gasteiger charge is 2.25. The molecule has 0 aromatic carbocycles. The lowest BCUT2D eigenvalue weighted by Crippen LogP contribution is -2.42. The molecule has 18 heavy (non-hydrogen) atoms. The molecule has 5 heteroatoms. The first kappa shape index (κ1) is 12.8. The van der Waals surface area contributed by atoms with E-state index >= 15 is 0 Å². The van der Waals surface area contributed by atoms with Crippen LogP contribution in [0, 0.1) is 11.8 Å². The predicted octanol–water partition coefficient (Wildman–Crippen LogP) is 0.602. The zero-order valence-electron chi connectivity index (χ0n) is 10.7. The molecule has 2 rings (SSSR count). The highest BCUT2D eigenvalue weighted by atomic mass is 16.1. The second kappa shape index (κ2) is 5.35. The fourth-order valence-electron chi connectivity index (χ4n) is 2.44. The summed E-state index contributed by atoms with van der Waals surface area (Å²) in [5, 5.41) is 0. The third kappa shape index (κ3) is 2.61. The van der Waals surface area contributed by atoms with Gasteiger partial charge in [0.15, 0.2) is 0 Å². The van der Waals surface area contributed by atoms with E-state index in [0.29, 0.717) is 24.1 Å². The van der Waals surface area contributed by atoms with Gasteiger partial charge >= 0.3 is 0 Å². The summed E-state index contributed by atoms with van der Waals surface area (Å²) in [5.74, 6) is 0.672. The number of pyridine rings is 1. The number of hydrogen-bond donors (Lipinski definition) is 2. The molecule has 1 aliphatic rings. The number of nitrogens with two attached hydrogens (primary N) is 2. The van der Waals surface area contributed by atoms with Crippen LogP contribution in [-0.4, -0.2) is 30.5 Å². The zero-order chi connectivity index (χ0) is 13.1. The van der Waals surface area contributed by atoms with Crippen LogP contribution in [0.25, 0.3) is 0 Å². The van der Waals surface area contributed by atoms with Crippen LogP contribution in [0.4, 0.5) is 5.69 Å². The van der Waals surface area contributed by atoms with Gasteiger partial charge in [-0.15, -0.1) is 0 Å². The van der Waals surface area contributed by atoms with Gasteiger partial charge < -0.3 is 16.4 Å². The van der Waals surface area contributed by atoms with Crippen molar-refractivity contribution in [1.29, 1.82) is 0 Å². The molecule has 2 unspecified atom stereocenters. The maximum atomic E-state index is 11.1. The van der Waals surface area contributed by atoms with Crippen LogP contribution in [0.3, 0.4) is 0 Å². The van der Waals surface area contributed by atoms with Crippen LogP contribution in [0.1, 0.15) is 23.8 Å². The van der Waals surface area contributed by atoms with Gasteiger partial charge in [0, 0.05) is 25.0 Å². The summed E-state index contributed by atoms with van der Waals surface area (Å²) in [4.78, 5) is 17.3. The van der Waals surface area contributed by atoms with Crippen molar-refractivity contribution < 1.29 is 4.79 Å². The Bertz CT molecular complexity index is 435. The molecule has 1 amide bonds. The van der Waals surface area contributed by atoms with Crippen LogP contribution in [-0.2, 0) is 0 Å². The zero-order valence-corrected chi connectivity index (χ0v) is 10.7. The Morgan fingerprint density at radius 3 is 3.06 bits per heavy atom. The molecule has 5 nitrogen and oxygen atoms in total.